The predicted octanol–water partition coefficient (Wildman–Crippen LogP) is 3.98. The van der Waals surface area contributed by atoms with Crippen LogP contribution in [0.1, 0.15) is 74.6 Å². The Hall–Kier alpha value is -1.29. The van der Waals surface area contributed by atoms with Gasteiger partial charge in [0.1, 0.15) is 6.26 Å². The van der Waals surface area contributed by atoms with Gasteiger partial charge in [-0.2, -0.15) is 0 Å². The molecule has 1 N–H and O–H groups in total. The summed E-state index contributed by atoms with van der Waals surface area (Å²) in [5, 5.41) is 4.02. The normalized spacial score (nSPS) is 27.7. The van der Waals surface area contributed by atoms with Gasteiger partial charge < -0.3 is 14.6 Å². The highest BCUT2D eigenvalue weighted by Crippen LogP contribution is 2.49. The van der Waals surface area contributed by atoms with E-state index in [-0.39, 0.29) is 5.91 Å². The maximum absolute atomic E-state index is 12.4. The first-order valence-corrected chi connectivity index (χ1v) is 9.84. The van der Waals surface area contributed by atoms with Gasteiger partial charge in [-0.3, -0.25) is 4.79 Å². The summed E-state index contributed by atoms with van der Waals surface area (Å²) in [6, 6.07) is 3.07. The van der Waals surface area contributed by atoms with Crippen LogP contribution in [0.5, 0.6) is 0 Å². The number of carbonyl (C=O) groups excluding carboxylic acids is 1. The van der Waals surface area contributed by atoms with Crippen molar-refractivity contribution in [1.29, 1.82) is 0 Å². The van der Waals surface area contributed by atoms with Crippen LogP contribution >= 0.6 is 0 Å². The number of nitrogens with zero attached hydrogens (tertiary/aromatic N) is 1. The minimum Gasteiger partial charge on any atom is -0.472 e. The standard InChI is InChI=1S/C20H30N2O2/c23-19(16-8-14-24-15-16)22-12-6-17(7-13-22)21-18-5-4-11-20(18)9-2-1-3-10-20/h8,14-15,17-18,21H,1-7,9-13H2. The first-order valence-electron chi connectivity index (χ1n) is 9.84. The van der Waals surface area contributed by atoms with Crippen molar-refractivity contribution in [3.8, 4) is 0 Å². The molecule has 4 heteroatoms. The molecule has 1 spiro atoms. The number of rotatable bonds is 3. The van der Waals surface area contributed by atoms with E-state index in [0.29, 0.717) is 17.0 Å². The van der Waals surface area contributed by atoms with Crippen LogP contribution in [0.4, 0.5) is 0 Å². The lowest BCUT2D eigenvalue weighted by Gasteiger charge is -2.42. The van der Waals surface area contributed by atoms with Crippen molar-refractivity contribution in [1.82, 2.24) is 10.2 Å². The molecule has 1 saturated heterocycles. The summed E-state index contributed by atoms with van der Waals surface area (Å²) in [5.41, 5.74) is 1.28. The Morgan fingerprint density at radius 2 is 1.83 bits per heavy atom. The monoisotopic (exact) mass is 330 g/mol. The Morgan fingerprint density at radius 3 is 2.54 bits per heavy atom. The summed E-state index contributed by atoms with van der Waals surface area (Å²) in [6.45, 7) is 1.72. The van der Waals surface area contributed by atoms with E-state index in [1.807, 2.05) is 4.90 Å². The van der Waals surface area contributed by atoms with E-state index < -0.39 is 0 Å². The number of amides is 1. The van der Waals surface area contributed by atoms with Gasteiger partial charge in [0.05, 0.1) is 11.8 Å². The van der Waals surface area contributed by atoms with Crippen LogP contribution in [0.15, 0.2) is 23.0 Å². The van der Waals surface area contributed by atoms with Gasteiger partial charge in [-0.25, -0.2) is 0 Å². The fourth-order valence-electron chi connectivity index (χ4n) is 5.36. The molecule has 4 rings (SSSR count). The van der Waals surface area contributed by atoms with Crippen molar-refractivity contribution >= 4 is 5.91 Å². The van der Waals surface area contributed by atoms with E-state index >= 15 is 0 Å². The second kappa shape index (κ2) is 6.91. The number of piperidine rings is 1. The summed E-state index contributed by atoms with van der Waals surface area (Å²) < 4.78 is 5.04. The zero-order valence-electron chi connectivity index (χ0n) is 14.6. The summed E-state index contributed by atoms with van der Waals surface area (Å²) in [7, 11) is 0. The quantitative estimate of drug-likeness (QED) is 0.912. The van der Waals surface area contributed by atoms with E-state index in [1.54, 1.807) is 18.6 Å². The molecule has 1 amide bonds. The highest BCUT2D eigenvalue weighted by molar-refractivity contribution is 5.93. The molecule has 3 aliphatic rings. The second-order valence-corrected chi connectivity index (χ2v) is 8.11. The maximum Gasteiger partial charge on any atom is 0.257 e. The molecular weight excluding hydrogens is 300 g/mol. The molecule has 1 aromatic rings. The van der Waals surface area contributed by atoms with Gasteiger partial charge in [0.15, 0.2) is 0 Å². The Morgan fingerprint density at radius 1 is 1.08 bits per heavy atom. The number of carbonyl (C=O) groups is 1. The molecular formula is C20H30N2O2. The fourth-order valence-corrected chi connectivity index (χ4v) is 5.36. The molecule has 1 aliphatic heterocycles. The van der Waals surface area contributed by atoms with Crippen molar-refractivity contribution < 1.29 is 9.21 Å². The lowest BCUT2D eigenvalue weighted by molar-refractivity contribution is 0.0681. The summed E-state index contributed by atoms with van der Waals surface area (Å²) >= 11 is 0. The van der Waals surface area contributed by atoms with Crippen LogP contribution in [0.25, 0.3) is 0 Å². The van der Waals surface area contributed by atoms with Crippen molar-refractivity contribution in [2.24, 2.45) is 5.41 Å². The largest absolute Gasteiger partial charge is 0.472 e. The molecule has 1 atom stereocenters. The first kappa shape index (κ1) is 16.2. The molecule has 0 aromatic carbocycles. The summed E-state index contributed by atoms with van der Waals surface area (Å²) in [4.78, 5) is 14.4. The molecule has 1 unspecified atom stereocenters. The van der Waals surface area contributed by atoms with Gasteiger partial charge in [-0.1, -0.05) is 25.7 Å². The predicted molar refractivity (Wildman–Crippen MR) is 93.9 cm³/mol. The molecule has 4 nitrogen and oxygen atoms in total. The Labute approximate surface area is 145 Å². The molecule has 0 bridgehead atoms. The Kier molecular flexibility index (Phi) is 4.66. The number of furan rings is 1. The van der Waals surface area contributed by atoms with Gasteiger partial charge in [-0.15, -0.1) is 0 Å². The van der Waals surface area contributed by atoms with Gasteiger partial charge in [-0.05, 0) is 50.0 Å². The second-order valence-electron chi connectivity index (χ2n) is 8.11. The molecule has 2 saturated carbocycles. The smallest absolute Gasteiger partial charge is 0.257 e. The lowest BCUT2D eigenvalue weighted by Crippen LogP contribution is -2.51. The fraction of sp³-hybridized carbons (Fsp3) is 0.750. The van der Waals surface area contributed by atoms with Crippen LogP contribution in [0, 0.1) is 5.41 Å². The summed E-state index contributed by atoms with van der Waals surface area (Å²) in [5.74, 6) is 0.117. The number of nitrogens with one attached hydrogen (secondary N) is 1. The van der Waals surface area contributed by atoms with Crippen molar-refractivity contribution in [3.05, 3.63) is 24.2 Å². The van der Waals surface area contributed by atoms with Crippen LogP contribution in [-0.2, 0) is 0 Å². The van der Waals surface area contributed by atoms with Crippen LogP contribution in [0.2, 0.25) is 0 Å². The molecule has 24 heavy (non-hydrogen) atoms. The Bertz CT molecular complexity index is 540. The minimum absolute atomic E-state index is 0.117. The topological polar surface area (TPSA) is 45.5 Å². The summed E-state index contributed by atoms with van der Waals surface area (Å²) in [6.07, 6.45) is 16.6. The zero-order valence-corrected chi connectivity index (χ0v) is 14.6. The van der Waals surface area contributed by atoms with Crippen LogP contribution in [0.3, 0.4) is 0 Å². The molecule has 2 heterocycles. The number of hydrogen-bond donors (Lipinski definition) is 1. The Balaban J connectivity index is 1.31. The molecule has 2 aliphatic carbocycles. The van der Waals surface area contributed by atoms with Crippen molar-refractivity contribution in [2.45, 2.75) is 76.3 Å². The lowest BCUT2D eigenvalue weighted by atomic mass is 9.70. The SMILES string of the molecule is O=C(c1ccoc1)N1CCC(NC2CCCC23CCCCC3)CC1. The van der Waals surface area contributed by atoms with Gasteiger partial charge >= 0.3 is 0 Å². The van der Waals surface area contributed by atoms with E-state index in [4.69, 9.17) is 4.42 Å². The van der Waals surface area contributed by atoms with E-state index in [0.717, 1.165) is 32.0 Å². The number of hydrogen-bond acceptors (Lipinski definition) is 3. The highest BCUT2D eigenvalue weighted by atomic mass is 16.3. The third-order valence-corrected chi connectivity index (χ3v) is 6.74. The van der Waals surface area contributed by atoms with Gasteiger partial charge in [0.25, 0.3) is 5.91 Å². The maximum atomic E-state index is 12.4. The van der Waals surface area contributed by atoms with Crippen molar-refractivity contribution in [2.75, 3.05) is 13.1 Å². The molecule has 132 valence electrons. The third-order valence-electron chi connectivity index (χ3n) is 6.74. The first-order chi connectivity index (χ1) is 11.8. The average molecular weight is 330 g/mol. The molecule has 1 aromatic heterocycles. The van der Waals surface area contributed by atoms with Gasteiger partial charge in [0.2, 0.25) is 0 Å². The minimum atomic E-state index is 0.117. The highest BCUT2D eigenvalue weighted by Gasteiger charge is 2.43. The van der Waals surface area contributed by atoms with E-state index in [1.165, 1.54) is 51.4 Å². The third kappa shape index (κ3) is 3.13. The average Bonchev–Trinajstić information content (AvgIpc) is 3.27. The van der Waals surface area contributed by atoms with Crippen LogP contribution in [-0.4, -0.2) is 36.0 Å². The van der Waals surface area contributed by atoms with Crippen LogP contribution < -0.4 is 5.32 Å². The molecule has 0 radical (unpaired) electrons. The van der Waals surface area contributed by atoms with Gasteiger partial charge in [0, 0.05) is 25.2 Å². The van der Waals surface area contributed by atoms with E-state index in [9.17, 15) is 4.79 Å². The van der Waals surface area contributed by atoms with E-state index in [2.05, 4.69) is 5.32 Å². The number of likely N-dealkylation sites (tertiary alicyclic amines) is 1. The van der Waals surface area contributed by atoms with Crippen molar-refractivity contribution in [3.63, 3.8) is 0 Å². The molecule has 3 fully saturated rings. The zero-order chi connectivity index (χ0) is 16.4.